The van der Waals surface area contributed by atoms with Crippen molar-refractivity contribution in [3.05, 3.63) is 35.4 Å². The average Bonchev–Trinajstić information content (AvgIpc) is 3.15. The van der Waals surface area contributed by atoms with Crippen molar-refractivity contribution < 1.29 is 14.7 Å². The van der Waals surface area contributed by atoms with E-state index in [2.05, 4.69) is 4.99 Å². The number of nitrogens with zero attached hydrogens (tertiary/aromatic N) is 2. The topological polar surface area (TPSA) is 70.0 Å². The van der Waals surface area contributed by atoms with Crippen LogP contribution in [-0.4, -0.2) is 51.3 Å². The second-order valence-corrected chi connectivity index (χ2v) is 6.77. The van der Waals surface area contributed by atoms with Crippen LogP contribution in [0.4, 0.5) is 0 Å². The van der Waals surface area contributed by atoms with Crippen LogP contribution >= 0.6 is 11.8 Å². The number of hydrogen-bond donors (Lipinski definition) is 1. The zero-order valence-corrected chi connectivity index (χ0v) is 13.2. The van der Waals surface area contributed by atoms with Gasteiger partial charge in [-0.2, -0.15) is 0 Å². The number of carboxylic acids is 1. The van der Waals surface area contributed by atoms with Gasteiger partial charge in [-0.05, 0) is 38.0 Å². The average molecular weight is 318 g/mol. The third kappa shape index (κ3) is 2.88. The Morgan fingerprint density at radius 1 is 1.36 bits per heavy atom. The molecule has 116 valence electrons. The van der Waals surface area contributed by atoms with E-state index in [9.17, 15) is 9.59 Å². The van der Waals surface area contributed by atoms with Crippen LogP contribution in [0.25, 0.3) is 0 Å². The highest BCUT2D eigenvalue weighted by atomic mass is 32.2. The van der Waals surface area contributed by atoms with Crippen molar-refractivity contribution in [3.63, 3.8) is 0 Å². The van der Waals surface area contributed by atoms with Gasteiger partial charge < -0.3 is 10.0 Å². The summed E-state index contributed by atoms with van der Waals surface area (Å²) in [6.07, 6.45) is 1.93. The van der Waals surface area contributed by atoms with Crippen LogP contribution in [0.3, 0.4) is 0 Å². The molecule has 1 amide bonds. The Morgan fingerprint density at radius 3 is 2.82 bits per heavy atom. The number of amides is 1. The molecule has 22 heavy (non-hydrogen) atoms. The predicted molar refractivity (Wildman–Crippen MR) is 86.8 cm³/mol. The molecule has 1 saturated heterocycles. The highest BCUT2D eigenvalue weighted by molar-refractivity contribution is 8.01. The molecule has 2 heterocycles. The second kappa shape index (κ2) is 6.12. The van der Waals surface area contributed by atoms with Crippen molar-refractivity contribution in [1.29, 1.82) is 0 Å². The SMILES string of the molecule is CC1=NC(C2CCCN2C(=O)c2cccc(C(=O)O)c2)SC1. The Morgan fingerprint density at radius 2 is 2.14 bits per heavy atom. The lowest BCUT2D eigenvalue weighted by molar-refractivity contribution is 0.0697. The summed E-state index contributed by atoms with van der Waals surface area (Å²) >= 11 is 1.78. The van der Waals surface area contributed by atoms with E-state index >= 15 is 0 Å². The van der Waals surface area contributed by atoms with Gasteiger partial charge >= 0.3 is 5.97 Å². The number of carbonyl (C=O) groups is 2. The van der Waals surface area contributed by atoms with E-state index < -0.39 is 5.97 Å². The molecule has 1 fully saturated rings. The zero-order chi connectivity index (χ0) is 15.7. The summed E-state index contributed by atoms with van der Waals surface area (Å²) in [6.45, 7) is 2.73. The summed E-state index contributed by atoms with van der Waals surface area (Å²) < 4.78 is 0. The number of hydrogen-bond acceptors (Lipinski definition) is 4. The van der Waals surface area contributed by atoms with Gasteiger partial charge in [-0.1, -0.05) is 6.07 Å². The number of aromatic carboxylic acids is 1. The van der Waals surface area contributed by atoms with Crippen molar-refractivity contribution in [2.45, 2.75) is 31.2 Å². The van der Waals surface area contributed by atoms with Crippen LogP contribution < -0.4 is 0 Å². The Balaban J connectivity index is 1.82. The van der Waals surface area contributed by atoms with Gasteiger partial charge in [0.1, 0.15) is 5.37 Å². The lowest BCUT2D eigenvalue weighted by Crippen LogP contribution is -2.40. The van der Waals surface area contributed by atoms with E-state index in [1.165, 1.54) is 12.1 Å². The highest BCUT2D eigenvalue weighted by Gasteiger charge is 2.37. The van der Waals surface area contributed by atoms with Crippen LogP contribution in [-0.2, 0) is 0 Å². The first kappa shape index (κ1) is 15.1. The number of thioether (sulfide) groups is 1. The first-order chi connectivity index (χ1) is 10.6. The number of aliphatic imine (C=N–C) groups is 1. The van der Waals surface area contributed by atoms with Crippen LogP contribution in [0.5, 0.6) is 0 Å². The number of carbonyl (C=O) groups excluding carboxylic acids is 1. The lowest BCUT2D eigenvalue weighted by atomic mass is 10.1. The van der Waals surface area contributed by atoms with Crippen LogP contribution in [0.1, 0.15) is 40.5 Å². The lowest BCUT2D eigenvalue weighted by Gasteiger charge is -2.27. The molecule has 2 aliphatic heterocycles. The third-order valence-electron chi connectivity index (χ3n) is 4.06. The van der Waals surface area contributed by atoms with Crippen molar-refractivity contribution >= 4 is 29.4 Å². The smallest absolute Gasteiger partial charge is 0.335 e. The number of benzene rings is 1. The minimum absolute atomic E-state index is 0.0917. The Labute approximate surface area is 133 Å². The number of rotatable bonds is 3. The molecule has 0 radical (unpaired) electrons. The van der Waals surface area contributed by atoms with Gasteiger partial charge in [0.25, 0.3) is 5.91 Å². The molecule has 0 aliphatic carbocycles. The van der Waals surface area contributed by atoms with Crippen LogP contribution in [0, 0.1) is 0 Å². The maximum absolute atomic E-state index is 12.7. The fourth-order valence-corrected chi connectivity index (χ4v) is 4.23. The van der Waals surface area contributed by atoms with E-state index in [0.29, 0.717) is 12.1 Å². The summed E-state index contributed by atoms with van der Waals surface area (Å²) in [5, 5.41) is 9.18. The summed E-state index contributed by atoms with van der Waals surface area (Å²) in [5.74, 6) is -0.178. The van der Waals surface area contributed by atoms with E-state index in [1.807, 2.05) is 11.8 Å². The second-order valence-electron chi connectivity index (χ2n) is 5.66. The van der Waals surface area contributed by atoms with Crippen LogP contribution in [0.15, 0.2) is 29.3 Å². The fraction of sp³-hybridized carbons (Fsp3) is 0.438. The van der Waals surface area contributed by atoms with E-state index in [0.717, 1.165) is 24.3 Å². The Kier molecular flexibility index (Phi) is 4.20. The minimum Gasteiger partial charge on any atom is -0.478 e. The normalized spacial score (nSPS) is 24.4. The van der Waals surface area contributed by atoms with Crippen LogP contribution in [0.2, 0.25) is 0 Å². The van der Waals surface area contributed by atoms with E-state index in [1.54, 1.807) is 23.9 Å². The van der Waals surface area contributed by atoms with Gasteiger partial charge in [0.15, 0.2) is 0 Å². The van der Waals surface area contributed by atoms with E-state index in [-0.39, 0.29) is 22.9 Å². The predicted octanol–water partition coefficient (Wildman–Crippen LogP) is 2.52. The van der Waals surface area contributed by atoms with E-state index in [4.69, 9.17) is 5.11 Å². The van der Waals surface area contributed by atoms with Gasteiger partial charge in [0.05, 0.1) is 11.6 Å². The van der Waals surface area contributed by atoms with Gasteiger partial charge in [0, 0.05) is 23.6 Å². The molecule has 0 aromatic heterocycles. The number of carboxylic acid groups (broad SMARTS) is 1. The molecule has 1 aromatic rings. The van der Waals surface area contributed by atoms with Crippen molar-refractivity contribution in [3.8, 4) is 0 Å². The van der Waals surface area contributed by atoms with Gasteiger partial charge in [0.2, 0.25) is 0 Å². The monoisotopic (exact) mass is 318 g/mol. The summed E-state index contributed by atoms with van der Waals surface area (Å²) in [5.41, 5.74) is 1.71. The Hall–Kier alpha value is -1.82. The molecular weight excluding hydrogens is 300 g/mol. The van der Waals surface area contributed by atoms with Crippen molar-refractivity contribution in [1.82, 2.24) is 4.90 Å². The molecule has 2 atom stereocenters. The molecule has 5 nitrogen and oxygen atoms in total. The maximum atomic E-state index is 12.7. The van der Waals surface area contributed by atoms with Gasteiger partial charge in [-0.15, -0.1) is 11.8 Å². The molecular formula is C16H18N2O3S. The highest BCUT2D eigenvalue weighted by Crippen LogP contribution is 2.33. The molecule has 2 unspecified atom stereocenters. The first-order valence-electron chi connectivity index (χ1n) is 7.35. The molecule has 1 aromatic carbocycles. The largest absolute Gasteiger partial charge is 0.478 e. The summed E-state index contributed by atoms with van der Waals surface area (Å²) in [6, 6.07) is 6.37. The van der Waals surface area contributed by atoms with Crippen molar-refractivity contribution in [2.75, 3.05) is 12.3 Å². The molecule has 0 bridgehead atoms. The molecule has 2 aliphatic rings. The molecule has 0 spiro atoms. The molecule has 3 rings (SSSR count). The minimum atomic E-state index is -1.01. The fourth-order valence-electron chi connectivity index (χ4n) is 2.99. The van der Waals surface area contributed by atoms with Gasteiger partial charge in [-0.25, -0.2) is 4.79 Å². The maximum Gasteiger partial charge on any atom is 0.335 e. The quantitative estimate of drug-likeness (QED) is 0.929. The summed E-state index contributed by atoms with van der Waals surface area (Å²) in [7, 11) is 0. The molecule has 6 heteroatoms. The van der Waals surface area contributed by atoms with Crippen molar-refractivity contribution in [2.24, 2.45) is 4.99 Å². The Bertz CT molecular complexity index is 644. The number of likely N-dealkylation sites (tertiary alicyclic amines) is 1. The molecule has 0 saturated carbocycles. The van der Waals surface area contributed by atoms with Gasteiger partial charge in [-0.3, -0.25) is 9.79 Å². The molecule has 1 N–H and O–H groups in total. The summed E-state index contributed by atoms with van der Waals surface area (Å²) in [4.78, 5) is 30.3. The zero-order valence-electron chi connectivity index (χ0n) is 12.4. The first-order valence-corrected chi connectivity index (χ1v) is 8.40. The third-order valence-corrected chi connectivity index (χ3v) is 5.40. The standard InChI is InChI=1S/C16H18N2O3S/c1-10-9-22-14(17-10)13-6-3-7-18(13)15(19)11-4-2-5-12(8-11)16(20)21/h2,4-5,8,13-14H,3,6-7,9H2,1H3,(H,20,21).